The van der Waals surface area contributed by atoms with Crippen molar-refractivity contribution in [2.75, 3.05) is 6.54 Å². The Kier molecular flexibility index (Phi) is 5.33. The molecule has 1 amide bonds. The maximum atomic E-state index is 11.8. The van der Waals surface area contributed by atoms with Gasteiger partial charge in [-0.3, -0.25) is 4.79 Å². The number of unbranched alkanes of at least 4 members (excludes halogenated alkanes) is 1. The van der Waals surface area contributed by atoms with E-state index in [4.69, 9.17) is 11.6 Å². The Balaban J connectivity index is 2.24. The molecule has 1 aromatic heterocycles. The number of halogens is 4. The minimum Gasteiger partial charge on any atom is -0.351 e. The summed E-state index contributed by atoms with van der Waals surface area (Å²) in [4.78, 5) is 18.8. The molecule has 0 saturated carbocycles. The molecule has 8 heteroatoms. The van der Waals surface area contributed by atoms with Crippen molar-refractivity contribution in [1.82, 2.24) is 15.3 Å². The van der Waals surface area contributed by atoms with E-state index < -0.39 is 18.5 Å². The molecule has 0 fully saturated rings. The van der Waals surface area contributed by atoms with Crippen molar-refractivity contribution in [2.45, 2.75) is 25.4 Å². The second-order valence-electron chi connectivity index (χ2n) is 3.55. The molecule has 1 aromatic rings. The molecule has 18 heavy (non-hydrogen) atoms. The molecule has 0 spiro atoms. The third-order valence-corrected chi connectivity index (χ3v) is 2.22. The summed E-state index contributed by atoms with van der Waals surface area (Å²) >= 11 is 5.49. The average Bonchev–Trinajstić information content (AvgIpc) is 2.27. The first-order valence-electron chi connectivity index (χ1n) is 5.21. The first-order chi connectivity index (χ1) is 8.38. The van der Waals surface area contributed by atoms with Gasteiger partial charge < -0.3 is 5.32 Å². The molecule has 0 bridgehead atoms. The number of aromatic nitrogens is 2. The van der Waals surface area contributed by atoms with Crippen molar-refractivity contribution in [1.29, 1.82) is 0 Å². The molecule has 0 saturated heterocycles. The smallest absolute Gasteiger partial charge is 0.351 e. The van der Waals surface area contributed by atoms with Crippen LogP contribution < -0.4 is 5.32 Å². The van der Waals surface area contributed by atoms with Gasteiger partial charge in [-0.1, -0.05) is 11.6 Å². The van der Waals surface area contributed by atoms with Crippen LogP contribution in [-0.4, -0.2) is 28.6 Å². The largest absolute Gasteiger partial charge is 0.389 e. The topological polar surface area (TPSA) is 54.9 Å². The van der Waals surface area contributed by atoms with Gasteiger partial charge in [0.05, 0.1) is 12.4 Å². The summed E-state index contributed by atoms with van der Waals surface area (Å²) in [6.07, 6.45) is -2.33. The summed E-state index contributed by atoms with van der Waals surface area (Å²) < 4.78 is 35.5. The predicted molar refractivity (Wildman–Crippen MR) is 59.3 cm³/mol. The van der Waals surface area contributed by atoms with Gasteiger partial charge in [-0.25, -0.2) is 9.97 Å². The number of nitrogens with zero attached hydrogens (tertiary/aromatic N) is 2. The van der Waals surface area contributed by atoms with E-state index in [9.17, 15) is 18.0 Å². The Bertz CT molecular complexity index is 394. The number of hydrogen-bond acceptors (Lipinski definition) is 3. The normalized spacial score (nSPS) is 11.3. The fourth-order valence-electron chi connectivity index (χ4n) is 1.17. The van der Waals surface area contributed by atoms with Gasteiger partial charge in [0.25, 0.3) is 5.91 Å². The minimum atomic E-state index is -4.15. The van der Waals surface area contributed by atoms with E-state index in [0.29, 0.717) is 0 Å². The maximum Gasteiger partial charge on any atom is 0.389 e. The van der Waals surface area contributed by atoms with Gasteiger partial charge in [-0.2, -0.15) is 13.2 Å². The van der Waals surface area contributed by atoms with Gasteiger partial charge in [0, 0.05) is 13.0 Å². The van der Waals surface area contributed by atoms with E-state index in [1.54, 1.807) is 0 Å². The minimum absolute atomic E-state index is 0.0178. The lowest BCUT2D eigenvalue weighted by Crippen LogP contribution is -2.25. The summed E-state index contributed by atoms with van der Waals surface area (Å²) in [6.45, 7) is 0.166. The van der Waals surface area contributed by atoms with Gasteiger partial charge in [-0.15, -0.1) is 0 Å². The van der Waals surface area contributed by atoms with Gasteiger partial charge in [0.15, 0.2) is 0 Å². The molecule has 0 aliphatic heterocycles. The highest BCUT2D eigenvalue weighted by Crippen LogP contribution is 2.21. The molecule has 1 heterocycles. The molecule has 0 unspecified atom stereocenters. The predicted octanol–water partition coefficient (Wildman–Crippen LogP) is 2.59. The summed E-state index contributed by atoms with van der Waals surface area (Å²) in [6, 6.07) is 0. The third-order valence-electron chi connectivity index (χ3n) is 2.03. The van der Waals surface area contributed by atoms with E-state index in [1.807, 2.05) is 0 Å². The molecule has 1 rings (SSSR count). The van der Waals surface area contributed by atoms with Crippen LogP contribution in [0, 0.1) is 0 Å². The van der Waals surface area contributed by atoms with Crippen molar-refractivity contribution in [3.63, 3.8) is 0 Å². The van der Waals surface area contributed by atoms with Crippen LogP contribution in [0.15, 0.2) is 12.4 Å². The lowest BCUT2D eigenvalue weighted by atomic mass is 10.2. The highest BCUT2D eigenvalue weighted by molar-refractivity contribution is 6.29. The quantitative estimate of drug-likeness (QED) is 0.844. The van der Waals surface area contributed by atoms with Crippen LogP contribution in [0.5, 0.6) is 0 Å². The van der Waals surface area contributed by atoms with Crippen LogP contribution in [0.3, 0.4) is 0 Å². The first kappa shape index (κ1) is 14.7. The van der Waals surface area contributed by atoms with E-state index in [-0.39, 0.29) is 30.2 Å². The van der Waals surface area contributed by atoms with Gasteiger partial charge >= 0.3 is 6.18 Å². The van der Waals surface area contributed by atoms with Gasteiger partial charge in [0.1, 0.15) is 10.8 Å². The number of alkyl halides is 3. The van der Waals surface area contributed by atoms with Crippen LogP contribution >= 0.6 is 11.6 Å². The van der Waals surface area contributed by atoms with Crippen molar-refractivity contribution in [2.24, 2.45) is 0 Å². The lowest BCUT2D eigenvalue weighted by molar-refractivity contribution is -0.135. The summed E-state index contributed by atoms with van der Waals surface area (Å²) in [7, 11) is 0. The van der Waals surface area contributed by atoms with Crippen molar-refractivity contribution >= 4 is 17.5 Å². The summed E-state index contributed by atoms with van der Waals surface area (Å²) in [5.74, 6) is -0.480. The molecular weight excluding hydrogens is 271 g/mol. The molecule has 100 valence electrons. The zero-order valence-electron chi connectivity index (χ0n) is 9.30. The Hall–Kier alpha value is -1.37. The number of rotatable bonds is 5. The number of nitrogens with one attached hydrogen (secondary N) is 1. The van der Waals surface area contributed by atoms with Crippen LogP contribution in [0.4, 0.5) is 13.2 Å². The molecule has 4 nitrogen and oxygen atoms in total. The Morgan fingerprint density at radius 3 is 2.56 bits per heavy atom. The number of amides is 1. The highest BCUT2D eigenvalue weighted by atomic mass is 35.5. The van der Waals surface area contributed by atoms with E-state index in [0.717, 1.165) is 0 Å². The Morgan fingerprint density at radius 1 is 1.28 bits per heavy atom. The number of hydrogen-bond donors (Lipinski definition) is 1. The maximum absolute atomic E-state index is 11.8. The second kappa shape index (κ2) is 6.53. The standard InChI is InChI=1S/C10H11ClF3N3O/c11-8-6-16-7(5-17-8)9(18)15-4-2-1-3-10(12,13)14/h5-6H,1-4H2,(H,15,18). The summed E-state index contributed by atoms with van der Waals surface area (Å²) in [5, 5.41) is 2.62. The molecule has 0 aliphatic rings. The lowest BCUT2D eigenvalue weighted by Gasteiger charge is -2.06. The zero-order valence-corrected chi connectivity index (χ0v) is 10.1. The Morgan fingerprint density at radius 2 is 2.00 bits per heavy atom. The van der Waals surface area contributed by atoms with Gasteiger partial charge in [0.2, 0.25) is 0 Å². The fraction of sp³-hybridized carbons (Fsp3) is 0.500. The highest BCUT2D eigenvalue weighted by Gasteiger charge is 2.25. The summed E-state index contributed by atoms with van der Waals surface area (Å²) in [5.41, 5.74) is 0.0789. The van der Waals surface area contributed by atoms with Crippen LogP contribution in [0.1, 0.15) is 29.8 Å². The van der Waals surface area contributed by atoms with E-state index in [2.05, 4.69) is 15.3 Å². The zero-order chi connectivity index (χ0) is 13.6. The van der Waals surface area contributed by atoms with E-state index >= 15 is 0 Å². The third kappa shape index (κ3) is 5.81. The molecule has 0 aliphatic carbocycles. The van der Waals surface area contributed by atoms with Crippen molar-refractivity contribution < 1.29 is 18.0 Å². The molecular formula is C10H11ClF3N3O. The monoisotopic (exact) mass is 281 g/mol. The SMILES string of the molecule is O=C(NCCCCC(F)(F)F)c1cnc(Cl)cn1. The first-order valence-corrected chi connectivity index (χ1v) is 5.59. The molecule has 0 atom stereocenters. The van der Waals surface area contributed by atoms with Crippen LogP contribution in [-0.2, 0) is 0 Å². The molecule has 0 aromatic carbocycles. The average molecular weight is 282 g/mol. The second-order valence-corrected chi connectivity index (χ2v) is 3.94. The van der Waals surface area contributed by atoms with Crippen LogP contribution in [0.25, 0.3) is 0 Å². The van der Waals surface area contributed by atoms with E-state index in [1.165, 1.54) is 12.4 Å². The van der Waals surface area contributed by atoms with Crippen LogP contribution in [0.2, 0.25) is 5.15 Å². The fourth-order valence-corrected chi connectivity index (χ4v) is 1.27. The van der Waals surface area contributed by atoms with Crippen molar-refractivity contribution in [3.8, 4) is 0 Å². The van der Waals surface area contributed by atoms with Gasteiger partial charge in [-0.05, 0) is 12.8 Å². The number of carbonyl (C=O) groups is 1. The van der Waals surface area contributed by atoms with Crippen molar-refractivity contribution in [3.05, 3.63) is 23.2 Å². The molecule has 1 N–H and O–H groups in total. The number of carbonyl (C=O) groups excluding carboxylic acids is 1. The molecule has 0 radical (unpaired) electrons. The Labute approximate surface area is 107 Å².